The third-order valence-electron chi connectivity index (χ3n) is 3.36. The number of halogens is 2. The van der Waals surface area contributed by atoms with Crippen molar-refractivity contribution < 1.29 is 0 Å². The van der Waals surface area contributed by atoms with Crippen LogP contribution in [-0.2, 0) is 6.54 Å². The molecule has 1 aliphatic heterocycles. The molecule has 18 heavy (non-hydrogen) atoms. The lowest BCUT2D eigenvalue weighted by molar-refractivity contribution is 0.269. The Bertz CT molecular complexity index is 400. The molecule has 0 spiro atoms. The molecule has 1 aromatic rings. The zero-order chi connectivity index (χ0) is 13.1. The van der Waals surface area contributed by atoms with Crippen LogP contribution in [0.5, 0.6) is 0 Å². The summed E-state index contributed by atoms with van der Waals surface area (Å²) < 4.78 is 0. The Morgan fingerprint density at radius 3 is 2.44 bits per heavy atom. The fourth-order valence-electron chi connectivity index (χ4n) is 2.24. The predicted octanol–water partition coefficient (Wildman–Crippen LogP) is 2.71. The molecule has 0 saturated carbocycles. The van der Waals surface area contributed by atoms with E-state index in [-0.39, 0.29) is 0 Å². The molecule has 1 heterocycles. The van der Waals surface area contributed by atoms with Crippen LogP contribution in [0, 0.1) is 0 Å². The SMILES string of the molecule is CN1CCCN(Cc2cc(Cl)c(N)c(Cl)c2)CC1. The summed E-state index contributed by atoms with van der Waals surface area (Å²) in [4.78, 5) is 4.80. The van der Waals surface area contributed by atoms with E-state index >= 15 is 0 Å². The number of likely N-dealkylation sites (N-methyl/N-ethyl adjacent to an activating group) is 1. The van der Waals surface area contributed by atoms with E-state index in [1.54, 1.807) is 0 Å². The van der Waals surface area contributed by atoms with Crippen molar-refractivity contribution in [2.45, 2.75) is 13.0 Å². The summed E-state index contributed by atoms with van der Waals surface area (Å²) in [5.74, 6) is 0. The van der Waals surface area contributed by atoms with E-state index in [0.717, 1.165) is 31.7 Å². The van der Waals surface area contributed by atoms with Gasteiger partial charge in [0.25, 0.3) is 0 Å². The molecular weight excluding hydrogens is 269 g/mol. The first-order valence-electron chi connectivity index (χ1n) is 6.20. The quantitative estimate of drug-likeness (QED) is 0.849. The maximum Gasteiger partial charge on any atom is 0.0693 e. The van der Waals surface area contributed by atoms with Gasteiger partial charge in [-0.2, -0.15) is 0 Å². The summed E-state index contributed by atoms with van der Waals surface area (Å²) >= 11 is 12.1. The summed E-state index contributed by atoms with van der Waals surface area (Å²) in [5.41, 5.74) is 7.34. The van der Waals surface area contributed by atoms with Gasteiger partial charge in [0.2, 0.25) is 0 Å². The van der Waals surface area contributed by atoms with Crippen LogP contribution in [-0.4, -0.2) is 43.0 Å². The topological polar surface area (TPSA) is 32.5 Å². The molecule has 1 fully saturated rings. The Hall–Kier alpha value is -0.480. The molecule has 100 valence electrons. The number of rotatable bonds is 2. The first-order chi connectivity index (χ1) is 8.56. The van der Waals surface area contributed by atoms with Crippen molar-refractivity contribution >= 4 is 28.9 Å². The largest absolute Gasteiger partial charge is 0.396 e. The molecule has 0 aromatic heterocycles. The van der Waals surface area contributed by atoms with Crippen LogP contribution in [0.2, 0.25) is 10.0 Å². The average Bonchev–Trinajstić information content (AvgIpc) is 2.51. The van der Waals surface area contributed by atoms with Gasteiger partial charge in [-0.1, -0.05) is 23.2 Å². The number of anilines is 1. The van der Waals surface area contributed by atoms with Crippen LogP contribution in [0.15, 0.2) is 12.1 Å². The van der Waals surface area contributed by atoms with E-state index in [4.69, 9.17) is 28.9 Å². The Labute approximate surface area is 118 Å². The van der Waals surface area contributed by atoms with Gasteiger partial charge in [-0.3, -0.25) is 4.90 Å². The van der Waals surface area contributed by atoms with Crippen molar-refractivity contribution in [3.63, 3.8) is 0 Å². The van der Waals surface area contributed by atoms with Crippen molar-refractivity contribution in [1.82, 2.24) is 9.80 Å². The lowest BCUT2D eigenvalue weighted by atomic mass is 10.2. The lowest BCUT2D eigenvalue weighted by Crippen LogP contribution is -2.28. The molecule has 0 aliphatic carbocycles. The fraction of sp³-hybridized carbons (Fsp3) is 0.538. The Kier molecular flexibility index (Phi) is 4.73. The molecule has 0 bridgehead atoms. The van der Waals surface area contributed by atoms with Gasteiger partial charge >= 0.3 is 0 Å². The third kappa shape index (κ3) is 3.51. The van der Waals surface area contributed by atoms with Gasteiger partial charge in [0.1, 0.15) is 0 Å². The van der Waals surface area contributed by atoms with Crippen molar-refractivity contribution in [2.75, 3.05) is 39.0 Å². The molecule has 5 heteroatoms. The molecule has 1 aliphatic rings. The van der Waals surface area contributed by atoms with Gasteiger partial charge in [-0.05, 0) is 44.3 Å². The van der Waals surface area contributed by atoms with E-state index in [1.165, 1.54) is 13.0 Å². The molecule has 0 amide bonds. The van der Waals surface area contributed by atoms with Gasteiger partial charge < -0.3 is 10.6 Å². The van der Waals surface area contributed by atoms with Gasteiger partial charge in [0.15, 0.2) is 0 Å². The lowest BCUT2D eigenvalue weighted by Gasteiger charge is -2.20. The summed E-state index contributed by atoms with van der Waals surface area (Å²) in [6.07, 6.45) is 1.20. The number of hydrogen-bond donors (Lipinski definition) is 1. The number of nitrogens with zero attached hydrogens (tertiary/aromatic N) is 2. The molecule has 0 radical (unpaired) electrons. The molecular formula is C13H19Cl2N3. The first kappa shape index (κ1) is 13.9. The summed E-state index contributed by atoms with van der Waals surface area (Å²) in [6, 6.07) is 3.83. The van der Waals surface area contributed by atoms with Crippen molar-refractivity contribution in [3.05, 3.63) is 27.7 Å². The fourth-order valence-corrected chi connectivity index (χ4v) is 2.78. The van der Waals surface area contributed by atoms with E-state index in [0.29, 0.717) is 15.7 Å². The van der Waals surface area contributed by atoms with Crippen LogP contribution in [0.1, 0.15) is 12.0 Å². The summed E-state index contributed by atoms with van der Waals surface area (Å²) in [6.45, 7) is 5.35. The second kappa shape index (κ2) is 6.11. The molecule has 3 nitrogen and oxygen atoms in total. The minimum absolute atomic E-state index is 0.470. The smallest absolute Gasteiger partial charge is 0.0693 e. The molecule has 2 rings (SSSR count). The second-order valence-corrected chi connectivity index (χ2v) is 5.72. The van der Waals surface area contributed by atoms with Crippen LogP contribution >= 0.6 is 23.2 Å². The van der Waals surface area contributed by atoms with E-state index in [2.05, 4.69) is 16.8 Å². The van der Waals surface area contributed by atoms with Gasteiger partial charge in [0, 0.05) is 19.6 Å². The van der Waals surface area contributed by atoms with E-state index < -0.39 is 0 Å². The minimum atomic E-state index is 0.470. The zero-order valence-electron chi connectivity index (χ0n) is 10.6. The van der Waals surface area contributed by atoms with E-state index in [9.17, 15) is 0 Å². The highest BCUT2D eigenvalue weighted by Gasteiger charge is 2.13. The van der Waals surface area contributed by atoms with Crippen molar-refractivity contribution in [1.29, 1.82) is 0 Å². The molecule has 0 unspecified atom stereocenters. The number of benzene rings is 1. The highest BCUT2D eigenvalue weighted by atomic mass is 35.5. The highest BCUT2D eigenvalue weighted by molar-refractivity contribution is 6.38. The third-order valence-corrected chi connectivity index (χ3v) is 3.98. The molecule has 1 aromatic carbocycles. The van der Waals surface area contributed by atoms with Crippen LogP contribution < -0.4 is 5.73 Å². The summed E-state index contributed by atoms with van der Waals surface area (Å²) in [7, 11) is 2.17. The highest BCUT2D eigenvalue weighted by Crippen LogP contribution is 2.29. The second-order valence-electron chi connectivity index (χ2n) is 4.91. The number of hydrogen-bond acceptors (Lipinski definition) is 3. The molecule has 0 atom stereocenters. The Morgan fingerprint density at radius 1 is 1.11 bits per heavy atom. The Balaban J connectivity index is 2.05. The van der Waals surface area contributed by atoms with E-state index in [1.807, 2.05) is 12.1 Å². The van der Waals surface area contributed by atoms with Crippen molar-refractivity contribution in [2.24, 2.45) is 0 Å². The van der Waals surface area contributed by atoms with Gasteiger partial charge in [0.05, 0.1) is 15.7 Å². The maximum atomic E-state index is 6.06. The normalized spacial score (nSPS) is 18.8. The average molecular weight is 288 g/mol. The minimum Gasteiger partial charge on any atom is -0.396 e. The van der Waals surface area contributed by atoms with Gasteiger partial charge in [-0.15, -0.1) is 0 Å². The van der Waals surface area contributed by atoms with Crippen LogP contribution in [0.4, 0.5) is 5.69 Å². The maximum absolute atomic E-state index is 6.06. The Morgan fingerprint density at radius 2 is 1.78 bits per heavy atom. The summed E-state index contributed by atoms with van der Waals surface area (Å²) in [5, 5.41) is 1.09. The predicted molar refractivity (Wildman–Crippen MR) is 78.3 cm³/mol. The monoisotopic (exact) mass is 287 g/mol. The van der Waals surface area contributed by atoms with Crippen LogP contribution in [0.3, 0.4) is 0 Å². The first-order valence-corrected chi connectivity index (χ1v) is 6.96. The molecule has 1 saturated heterocycles. The molecule has 2 N–H and O–H groups in total. The standard InChI is InChI=1S/C13H19Cl2N3/c1-17-3-2-4-18(6-5-17)9-10-7-11(14)13(16)12(15)8-10/h7-8H,2-6,9,16H2,1H3. The number of nitrogens with two attached hydrogens (primary N) is 1. The van der Waals surface area contributed by atoms with Crippen molar-refractivity contribution in [3.8, 4) is 0 Å². The zero-order valence-corrected chi connectivity index (χ0v) is 12.1. The van der Waals surface area contributed by atoms with Gasteiger partial charge in [-0.25, -0.2) is 0 Å². The van der Waals surface area contributed by atoms with Crippen LogP contribution in [0.25, 0.3) is 0 Å². The number of nitrogen functional groups attached to an aromatic ring is 1.